The minimum Gasteiger partial charge on any atom is -0.478 e. The van der Waals surface area contributed by atoms with E-state index in [0.717, 1.165) is 16.7 Å². The van der Waals surface area contributed by atoms with Crippen LogP contribution in [0.2, 0.25) is 5.04 Å². The van der Waals surface area contributed by atoms with Gasteiger partial charge >= 0.3 is 11.9 Å². The highest BCUT2D eigenvalue weighted by Crippen LogP contribution is 2.31. The summed E-state index contributed by atoms with van der Waals surface area (Å²) in [7, 11) is 0.313. The fourth-order valence-electron chi connectivity index (χ4n) is 3.54. The first-order valence-corrected chi connectivity index (χ1v) is 12.5. The van der Waals surface area contributed by atoms with Crippen molar-refractivity contribution in [3.8, 4) is 0 Å². The number of hydrogen-bond donors (Lipinski definition) is 1. The maximum absolute atomic E-state index is 12.6. The van der Waals surface area contributed by atoms with E-state index in [1.54, 1.807) is 36.4 Å². The van der Waals surface area contributed by atoms with E-state index in [2.05, 4.69) is 20.8 Å². The molecule has 0 aliphatic carbocycles. The summed E-state index contributed by atoms with van der Waals surface area (Å²) in [6, 6.07) is 21.8. The SMILES string of the molecule is CC(C)(C)[Si]OC(C)(C)c1ccc(Cc2ccccc2C(=O)O)c(COC(=O)c2ccccc2)c1. The van der Waals surface area contributed by atoms with Gasteiger partial charge in [-0.2, -0.15) is 0 Å². The van der Waals surface area contributed by atoms with Crippen molar-refractivity contribution in [1.29, 1.82) is 0 Å². The Kier molecular flexibility index (Phi) is 8.30. The van der Waals surface area contributed by atoms with Crippen LogP contribution in [0.5, 0.6) is 0 Å². The lowest BCUT2D eigenvalue weighted by Gasteiger charge is -2.30. The Balaban J connectivity index is 1.93. The Morgan fingerprint density at radius 1 is 0.829 bits per heavy atom. The maximum Gasteiger partial charge on any atom is 0.338 e. The van der Waals surface area contributed by atoms with E-state index in [1.807, 2.05) is 50.2 Å². The zero-order valence-electron chi connectivity index (χ0n) is 20.9. The zero-order chi connectivity index (χ0) is 25.6. The van der Waals surface area contributed by atoms with Gasteiger partial charge in [-0.05, 0) is 71.8 Å². The van der Waals surface area contributed by atoms with Crippen LogP contribution in [0, 0.1) is 0 Å². The number of carbonyl (C=O) groups excluding carboxylic acids is 1. The van der Waals surface area contributed by atoms with Gasteiger partial charge in [-0.1, -0.05) is 69.3 Å². The molecule has 0 amide bonds. The number of carbonyl (C=O) groups is 2. The Labute approximate surface area is 210 Å². The van der Waals surface area contributed by atoms with Crippen molar-refractivity contribution < 1.29 is 23.9 Å². The Bertz CT molecular complexity index is 1180. The molecule has 0 saturated heterocycles. The normalized spacial score (nSPS) is 11.8. The molecule has 0 unspecified atom stereocenters. The number of rotatable bonds is 9. The molecule has 3 rings (SSSR count). The van der Waals surface area contributed by atoms with Gasteiger partial charge in [0, 0.05) is 0 Å². The molecule has 0 heterocycles. The quantitative estimate of drug-likeness (QED) is 0.278. The molecule has 6 heteroatoms. The number of carboxylic acid groups (broad SMARTS) is 1. The first-order chi connectivity index (χ1) is 16.5. The Morgan fingerprint density at radius 2 is 1.49 bits per heavy atom. The van der Waals surface area contributed by atoms with Crippen molar-refractivity contribution in [3.63, 3.8) is 0 Å². The number of hydrogen-bond acceptors (Lipinski definition) is 4. The number of esters is 1. The Morgan fingerprint density at radius 3 is 2.14 bits per heavy atom. The molecule has 35 heavy (non-hydrogen) atoms. The largest absolute Gasteiger partial charge is 0.478 e. The van der Waals surface area contributed by atoms with E-state index in [0.29, 0.717) is 27.3 Å². The van der Waals surface area contributed by atoms with Gasteiger partial charge in [0.2, 0.25) is 9.76 Å². The molecule has 0 saturated carbocycles. The van der Waals surface area contributed by atoms with Gasteiger partial charge in [0.05, 0.1) is 16.7 Å². The van der Waals surface area contributed by atoms with Gasteiger partial charge in [-0.3, -0.25) is 0 Å². The van der Waals surface area contributed by atoms with Gasteiger partial charge in [0.25, 0.3) is 0 Å². The molecule has 5 nitrogen and oxygen atoms in total. The van der Waals surface area contributed by atoms with Crippen LogP contribution in [0.25, 0.3) is 0 Å². The number of aromatic carboxylic acids is 1. The summed E-state index contributed by atoms with van der Waals surface area (Å²) in [6.45, 7) is 10.5. The standard InChI is InChI=1S/C29H32O5Si/c1-28(2,3)35-34-29(4,5)24-16-15-21(17-22-13-9-10-14-25(22)26(30)31)23(18-24)19-33-27(32)20-11-7-6-8-12-20/h6-16,18H,17,19H2,1-5H3,(H,30,31). The average molecular weight is 489 g/mol. The van der Waals surface area contributed by atoms with E-state index >= 15 is 0 Å². The number of carboxylic acids is 1. The van der Waals surface area contributed by atoms with Crippen molar-refractivity contribution >= 4 is 21.7 Å². The molecule has 3 aromatic carbocycles. The van der Waals surface area contributed by atoms with Crippen LogP contribution >= 0.6 is 0 Å². The lowest BCUT2D eigenvalue weighted by Crippen LogP contribution is -2.28. The molecule has 0 bridgehead atoms. The highest BCUT2D eigenvalue weighted by atomic mass is 28.2. The summed E-state index contributed by atoms with van der Waals surface area (Å²) in [4.78, 5) is 24.3. The van der Waals surface area contributed by atoms with E-state index < -0.39 is 17.5 Å². The second-order valence-corrected chi connectivity index (χ2v) is 11.9. The van der Waals surface area contributed by atoms with Crippen LogP contribution in [-0.2, 0) is 27.8 Å². The molecule has 0 fully saturated rings. The topological polar surface area (TPSA) is 72.8 Å². The van der Waals surface area contributed by atoms with E-state index in [1.165, 1.54) is 0 Å². The van der Waals surface area contributed by atoms with Gasteiger partial charge in [-0.15, -0.1) is 0 Å². The van der Waals surface area contributed by atoms with Gasteiger partial charge in [0.15, 0.2) is 0 Å². The van der Waals surface area contributed by atoms with E-state index in [4.69, 9.17) is 9.16 Å². The van der Waals surface area contributed by atoms with Crippen LogP contribution in [0.3, 0.4) is 0 Å². The highest BCUT2D eigenvalue weighted by Gasteiger charge is 2.26. The summed E-state index contributed by atoms with van der Waals surface area (Å²) < 4.78 is 11.9. The molecule has 0 aliphatic rings. The van der Waals surface area contributed by atoms with Gasteiger partial charge in [-0.25, -0.2) is 9.59 Å². The molecular weight excluding hydrogens is 456 g/mol. The number of benzene rings is 3. The molecule has 3 aromatic rings. The summed E-state index contributed by atoms with van der Waals surface area (Å²) in [5.74, 6) is -1.37. The monoisotopic (exact) mass is 488 g/mol. The third-order valence-electron chi connectivity index (χ3n) is 5.51. The predicted molar refractivity (Wildman–Crippen MR) is 138 cm³/mol. The van der Waals surface area contributed by atoms with Crippen LogP contribution in [-0.4, -0.2) is 26.8 Å². The summed E-state index contributed by atoms with van der Waals surface area (Å²) in [5, 5.41) is 9.65. The molecule has 182 valence electrons. The fourth-order valence-corrected chi connectivity index (χ4v) is 4.22. The van der Waals surface area contributed by atoms with E-state index in [9.17, 15) is 14.7 Å². The van der Waals surface area contributed by atoms with Crippen molar-refractivity contribution in [2.45, 2.75) is 58.3 Å². The zero-order valence-corrected chi connectivity index (χ0v) is 21.9. The molecule has 0 atom stereocenters. The van der Waals surface area contributed by atoms with Crippen LogP contribution in [0.1, 0.15) is 77.6 Å². The third kappa shape index (κ3) is 7.38. The lowest BCUT2D eigenvalue weighted by atomic mass is 9.91. The van der Waals surface area contributed by atoms with Crippen molar-refractivity contribution in [1.82, 2.24) is 0 Å². The molecule has 0 spiro atoms. The molecule has 1 N–H and O–H groups in total. The second kappa shape index (κ2) is 11.0. The minimum atomic E-state index is -0.966. The Hall–Kier alpha value is -3.22. The predicted octanol–water partition coefficient (Wildman–Crippen LogP) is 6.42. The van der Waals surface area contributed by atoms with Gasteiger partial charge in [0.1, 0.15) is 6.61 Å². The van der Waals surface area contributed by atoms with E-state index in [-0.39, 0.29) is 17.2 Å². The third-order valence-corrected chi connectivity index (χ3v) is 6.74. The van der Waals surface area contributed by atoms with Crippen molar-refractivity contribution in [2.24, 2.45) is 0 Å². The first kappa shape index (κ1) is 26.4. The smallest absolute Gasteiger partial charge is 0.338 e. The van der Waals surface area contributed by atoms with Gasteiger partial charge < -0.3 is 14.3 Å². The van der Waals surface area contributed by atoms with Crippen molar-refractivity contribution in [2.75, 3.05) is 0 Å². The fraction of sp³-hybridized carbons (Fsp3) is 0.310. The second-order valence-electron chi connectivity index (χ2n) is 10.0. The van der Waals surface area contributed by atoms with Crippen LogP contribution in [0.15, 0.2) is 72.8 Å². The van der Waals surface area contributed by atoms with Crippen molar-refractivity contribution in [3.05, 3.63) is 106 Å². The van der Waals surface area contributed by atoms with Crippen LogP contribution in [0.4, 0.5) is 0 Å². The number of ether oxygens (including phenoxy) is 1. The molecule has 2 radical (unpaired) electrons. The average Bonchev–Trinajstić information content (AvgIpc) is 2.82. The molecular formula is C29H32O5Si. The molecule has 0 aromatic heterocycles. The minimum absolute atomic E-state index is 0.0474. The highest BCUT2D eigenvalue weighted by molar-refractivity contribution is 6.31. The van der Waals surface area contributed by atoms with Crippen LogP contribution < -0.4 is 0 Å². The first-order valence-electron chi connectivity index (χ1n) is 11.6. The molecule has 0 aliphatic heterocycles. The lowest BCUT2D eigenvalue weighted by molar-refractivity contribution is 0.0471. The summed E-state index contributed by atoms with van der Waals surface area (Å²) in [6.07, 6.45) is 0.409. The summed E-state index contributed by atoms with van der Waals surface area (Å²) >= 11 is 0. The summed E-state index contributed by atoms with van der Waals surface area (Å²) in [5.41, 5.74) is 3.60. The maximum atomic E-state index is 12.6.